The second kappa shape index (κ2) is 7.35. The van der Waals surface area contributed by atoms with Gasteiger partial charge in [0, 0.05) is 17.6 Å². The summed E-state index contributed by atoms with van der Waals surface area (Å²) in [6.07, 6.45) is 1.39. The number of H-pyrrole nitrogens is 1. The molecular weight excluding hydrogens is 398 g/mol. The Labute approximate surface area is 176 Å². The van der Waals surface area contributed by atoms with Gasteiger partial charge in [-0.3, -0.25) is 19.2 Å². The summed E-state index contributed by atoms with van der Waals surface area (Å²) in [5.41, 5.74) is 1.37. The standard InChI is InChI=1S/C22H19N5O4/c28-19(11-17-13-4-1-2-5-14(13)20(29)26-25-17)23-12-7-8-16-15(10-12)22(31)27-9-3-6-18(27)21(30)24-16/h1-2,4-5,7-8,10,18H,3,6,9,11H2,(H,23,28)(H,24,30)(H,26,29)/t18-/m1/s1. The van der Waals surface area contributed by atoms with Gasteiger partial charge < -0.3 is 15.5 Å². The number of nitrogens with zero attached hydrogens (tertiary/aromatic N) is 2. The van der Waals surface area contributed by atoms with Crippen LogP contribution in [-0.2, 0) is 16.0 Å². The van der Waals surface area contributed by atoms with Crippen molar-refractivity contribution in [3.8, 4) is 0 Å². The summed E-state index contributed by atoms with van der Waals surface area (Å²) in [6, 6.07) is 11.3. The fourth-order valence-corrected chi connectivity index (χ4v) is 4.22. The van der Waals surface area contributed by atoms with Gasteiger partial charge in [-0.1, -0.05) is 18.2 Å². The number of nitrogens with one attached hydrogen (secondary N) is 3. The van der Waals surface area contributed by atoms with E-state index in [9.17, 15) is 19.2 Å². The molecule has 9 nitrogen and oxygen atoms in total. The summed E-state index contributed by atoms with van der Waals surface area (Å²) < 4.78 is 0. The molecule has 3 aromatic rings. The number of aromatic amines is 1. The van der Waals surface area contributed by atoms with Crippen LogP contribution < -0.4 is 16.2 Å². The van der Waals surface area contributed by atoms with Crippen LogP contribution in [0.5, 0.6) is 0 Å². The third-order valence-corrected chi connectivity index (χ3v) is 5.71. The Balaban J connectivity index is 1.39. The number of carbonyl (C=O) groups excluding carboxylic acids is 3. The topological polar surface area (TPSA) is 124 Å². The second-order valence-electron chi connectivity index (χ2n) is 7.68. The van der Waals surface area contributed by atoms with Crippen molar-refractivity contribution < 1.29 is 14.4 Å². The number of aromatic nitrogens is 2. The lowest BCUT2D eigenvalue weighted by molar-refractivity contribution is -0.119. The number of amides is 3. The van der Waals surface area contributed by atoms with E-state index in [1.54, 1.807) is 47.4 Å². The SMILES string of the molecule is O=C(Cc1n[nH]c(=O)c2ccccc12)Nc1ccc2c(c1)C(=O)N1CCC[C@@H]1C(=O)N2. The molecule has 3 heterocycles. The van der Waals surface area contributed by atoms with Crippen LogP contribution >= 0.6 is 0 Å². The van der Waals surface area contributed by atoms with E-state index in [0.29, 0.717) is 46.4 Å². The summed E-state index contributed by atoms with van der Waals surface area (Å²) >= 11 is 0. The van der Waals surface area contributed by atoms with Gasteiger partial charge in [-0.25, -0.2) is 5.10 Å². The molecule has 3 N–H and O–H groups in total. The quantitative estimate of drug-likeness (QED) is 0.598. The zero-order valence-electron chi connectivity index (χ0n) is 16.5. The molecule has 0 bridgehead atoms. The largest absolute Gasteiger partial charge is 0.327 e. The number of anilines is 2. The number of carbonyl (C=O) groups is 3. The van der Waals surface area contributed by atoms with E-state index in [1.165, 1.54) is 0 Å². The summed E-state index contributed by atoms with van der Waals surface area (Å²) in [5, 5.41) is 13.1. The van der Waals surface area contributed by atoms with Crippen LogP contribution in [0.1, 0.15) is 28.9 Å². The molecule has 9 heteroatoms. The van der Waals surface area contributed by atoms with E-state index in [1.807, 2.05) is 0 Å². The van der Waals surface area contributed by atoms with Crippen molar-refractivity contribution in [2.45, 2.75) is 25.3 Å². The molecule has 1 atom stereocenters. The number of benzene rings is 2. The second-order valence-corrected chi connectivity index (χ2v) is 7.68. The summed E-state index contributed by atoms with van der Waals surface area (Å²) in [6.45, 7) is 0.540. The first-order valence-electron chi connectivity index (χ1n) is 10.0. The van der Waals surface area contributed by atoms with E-state index in [0.717, 1.165) is 6.42 Å². The van der Waals surface area contributed by atoms with E-state index in [-0.39, 0.29) is 29.7 Å². The molecule has 1 fully saturated rings. The Morgan fingerprint density at radius 2 is 1.94 bits per heavy atom. The van der Waals surface area contributed by atoms with Gasteiger partial charge in [0.1, 0.15) is 6.04 Å². The maximum Gasteiger partial charge on any atom is 0.272 e. The highest BCUT2D eigenvalue weighted by Crippen LogP contribution is 2.30. The molecule has 1 saturated heterocycles. The zero-order chi connectivity index (χ0) is 21.5. The van der Waals surface area contributed by atoms with Crippen LogP contribution in [0.3, 0.4) is 0 Å². The van der Waals surface area contributed by atoms with Crippen LogP contribution in [0.25, 0.3) is 10.8 Å². The lowest BCUT2D eigenvalue weighted by Crippen LogP contribution is -2.40. The average molecular weight is 417 g/mol. The summed E-state index contributed by atoms with van der Waals surface area (Å²) in [5.74, 6) is -0.744. The number of hydrogen-bond donors (Lipinski definition) is 3. The Morgan fingerprint density at radius 1 is 1.13 bits per heavy atom. The molecule has 156 valence electrons. The lowest BCUT2D eigenvalue weighted by Gasteiger charge is -2.20. The molecule has 0 unspecified atom stereocenters. The number of fused-ring (bicyclic) bond motifs is 3. The van der Waals surface area contributed by atoms with Crippen molar-refractivity contribution in [3.63, 3.8) is 0 Å². The zero-order valence-corrected chi connectivity index (χ0v) is 16.5. The minimum absolute atomic E-state index is 0.0484. The van der Waals surface area contributed by atoms with E-state index in [2.05, 4.69) is 20.8 Å². The highest BCUT2D eigenvalue weighted by molar-refractivity contribution is 6.11. The Bertz CT molecular complexity index is 1300. The minimum atomic E-state index is -0.447. The van der Waals surface area contributed by atoms with Gasteiger partial charge in [0.05, 0.1) is 28.8 Å². The maximum atomic E-state index is 12.9. The van der Waals surface area contributed by atoms with Crippen LogP contribution in [0.4, 0.5) is 11.4 Å². The Morgan fingerprint density at radius 3 is 2.77 bits per heavy atom. The minimum Gasteiger partial charge on any atom is -0.327 e. The first kappa shape index (κ1) is 19.0. The Kier molecular flexibility index (Phi) is 4.50. The van der Waals surface area contributed by atoms with Gasteiger partial charge in [-0.05, 0) is 37.1 Å². The molecule has 0 radical (unpaired) electrons. The molecule has 31 heavy (non-hydrogen) atoms. The van der Waals surface area contributed by atoms with Crippen LogP contribution in [0.15, 0.2) is 47.3 Å². The third kappa shape index (κ3) is 3.33. The summed E-state index contributed by atoms with van der Waals surface area (Å²) in [4.78, 5) is 51.5. The van der Waals surface area contributed by atoms with Gasteiger partial charge in [0.25, 0.3) is 11.5 Å². The fourth-order valence-electron chi connectivity index (χ4n) is 4.22. The normalized spacial score (nSPS) is 17.7. The first-order chi connectivity index (χ1) is 15.0. The molecule has 0 spiro atoms. The highest BCUT2D eigenvalue weighted by atomic mass is 16.2. The van der Waals surface area contributed by atoms with Crippen molar-refractivity contribution >= 4 is 39.9 Å². The number of rotatable bonds is 3. The van der Waals surface area contributed by atoms with Gasteiger partial charge in [0.15, 0.2) is 0 Å². The predicted molar refractivity (Wildman–Crippen MR) is 114 cm³/mol. The van der Waals surface area contributed by atoms with Gasteiger partial charge in [-0.2, -0.15) is 5.10 Å². The highest BCUT2D eigenvalue weighted by Gasteiger charge is 2.38. The van der Waals surface area contributed by atoms with Crippen molar-refractivity contribution in [1.29, 1.82) is 0 Å². The van der Waals surface area contributed by atoms with E-state index >= 15 is 0 Å². The van der Waals surface area contributed by atoms with Gasteiger partial charge in [-0.15, -0.1) is 0 Å². The van der Waals surface area contributed by atoms with Crippen LogP contribution in [0.2, 0.25) is 0 Å². The fraction of sp³-hybridized carbons (Fsp3) is 0.227. The molecule has 0 saturated carbocycles. The Hall–Kier alpha value is -4.01. The van der Waals surface area contributed by atoms with Crippen LogP contribution in [-0.4, -0.2) is 45.4 Å². The third-order valence-electron chi connectivity index (χ3n) is 5.71. The van der Waals surface area contributed by atoms with E-state index in [4.69, 9.17) is 0 Å². The molecule has 3 amide bonds. The predicted octanol–water partition coefficient (Wildman–Crippen LogP) is 1.66. The van der Waals surface area contributed by atoms with Crippen molar-refractivity contribution in [3.05, 3.63) is 64.1 Å². The average Bonchev–Trinajstić information content (AvgIpc) is 3.23. The van der Waals surface area contributed by atoms with Gasteiger partial charge >= 0.3 is 0 Å². The molecule has 0 aliphatic carbocycles. The molecule has 2 aromatic carbocycles. The van der Waals surface area contributed by atoms with Crippen molar-refractivity contribution in [2.24, 2.45) is 0 Å². The van der Waals surface area contributed by atoms with Crippen molar-refractivity contribution in [2.75, 3.05) is 17.2 Å². The maximum absolute atomic E-state index is 12.9. The van der Waals surface area contributed by atoms with Crippen molar-refractivity contribution in [1.82, 2.24) is 15.1 Å². The molecule has 5 rings (SSSR count). The molecule has 1 aromatic heterocycles. The lowest BCUT2D eigenvalue weighted by atomic mass is 10.1. The van der Waals surface area contributed by atoms with E-state index < -0.39 is 6.04 Å². The molecule has 2 aliphatic heterocycles. The van der Waals surface area contributed by atoms with Gasteiger partial charge in [0.2, 0.25) is 11.8 Å². The monoisotopic (exact) mass is 417 g/mol. The summed E-state index contributed by atoms with van der Waals surface area (Å²) in [7, 11) is 0. The van der Waals surface area contributed by atoms with Crippen LogP contribution in [0, 0.1) is 0 Å². The number of hydrogen-bond acceptors (Lipinski definition) is 5. The molecule has 2 aliphatic rings. The first-order valence-corrected chi connectivity index (χ1v) is 10.0. The molecular formula is C22H19N5O4. The smallest absolute Gasteiger partial charge is 0.272 e.